The van der Waals surface area contributed by atoms with Crippen LogP contribution in [0.15, 0.2) is 72.8 Å². The van der Waals surface area contributed by atoms with Crippen LogP contribution >= 0.6 is 0 Å². The number of nitrogens with zero attached hydrogens (tertiary/aromatic N) is 1. The number of piperidine rings is 1. The van der Waals surface area contributed by atoms with Crippen molar-refractivity contribution >= 4 is 10.9 Å². The van der Waals surface area contributed by atoms with Crippen molar-refractivity contribution in [2.24, 2.45) is 0 Å². The number of phenols is 1. The Hall–Kier alpha value is -3.15. The molecular weight excluding hydrogens is 427 g/mol. The van der Waals surface area contributed by atoms with E-state index in [-0.39, 0.29) is 11.6 Å². The Morgan fingerprint density at radius 2 is 1.79 bits per heavy atom. The first kappa shape index (κ1) is 21.4. The number of likely N-dealkylation sites (tertiary alicyclic amines) is 1. The highest BCUT2D eigenvalue weighted by molar-refractivity contribution is 5.86. The molecule has 4 nitrogen and oxygen atoms in total. The van der Waals surface area contributed by atoms with Gasteiger partial charge in [0.25, 0.3) is 0 Å². The number of benzene rings is 3. The van der Waals surface area contributed by atoms with Crippen LogP contribution in [-0.4, -0.2) is 45.3 Å². The summed E-state index contributed by atoms with van der Waals surface area (Å²) in [7, 11) is 0. The van der Waals surface area contributed by atoms with Crippen LogP contribution in [-0.2, 0) is 24.7 Å². The van der Waals surface area contributed by atoms with Crippen molar-refractivity contribution in [3.8, 4) is 5.75 Å². The molecule has 2 atom stereocenters. The Labute approximate surface area is 198 Å². The van der Waals surface area contributed by atoms with Gasteiger partial charge in [-0.3, -0.25) is 0 Å². The summed E-state index contributed by atoms with van der Waals surface area (Å²) in [6.07, 6.45) is 2.64. The standard InChI is InChI=1S/C29H29FN2O2/c30-24-10-5-11-25-27(24)23-17-29(34)19-32(14-12-20-6-2-1-3-7-20)15-13-28(29,18-26(23)31-25)21-8-4-9-22(33)16-21/h1-11,16,31,33-34H,12-15,17-19H2. The van der Waals surface area contributed by atoms with Gasteiger partial charge in [0.05, 0.1) is 5.60 Å². The highest BCUT2D eigenvalue weighted by Crippen LogP contribution is 2.52. The molecule has 6 rings (SSSR count). The van der Waals surface area contributed by atoms with Crippen molar-refractivity contribution in [1.82, 2.24) is 9.88 Å². The van der Waals surface area contributed by atoms with Gasteiger partial charge < -0.3 is 20.1 Å². The number of nitrogens with one attached hydrogen (secondary N) is 1. The van der Waals surface area contributed by atoms with Crippen LogP contribution in [0.4, 0.5) is 4.39 Å². The minimum atomic E-state index is -1.08. The minimum Gasteiger partial charge on any atom is -0.508 e. The summed E-state index contributed by atoms with van der Waals surface area (Å²) in [5.74, 6) is -0.0468. The molecule has 34 heavy (non-hydrogen) atoms. The van der Waals surface area contributed by atoms with Gasteiger partial charge in [0.2, 0.25) is 0 Å². The van der Waals surface area contributed by atoms with Gasteiger partial charge >= 0.3 is 0 Å². The summed E-state index contributed by atoms with van der Waals surface area (Å²) < 4.78 is 14.9. The number of hydrogen-bond acceptors (Lipinski definition) is 3. The summed E-state index contributed by atoms with van der Waals surface area (Å²) in [4.78, 5) is 5.78. The quantitative estimate of drug-likeness (QED) is 0.416. The molecule has 0 spiro atoms. The van der Waals surface area contributed by atoms with Crippen LogP contribution in [0.5, 0.6) is 5.75 Å². The molecule has 3 N–H and O–H groups in total. The highest BCUT2D eigenvalue weighted by atomic mass is 19.1. The van der Waals surface area contributed by atoms with Gasteiger partial charge in [-0.25, -0.2) is 4.39 Å². The van der Waals surface area contributed by atoms with Crippen molar-refractivity contribution < 1.29 is 14.6 Å². The minimum absolute atomic E-state index is 0.203. The molecule has 5 heteroatoms. The van der Waals surface area contributed by atoms with Gasteiger partial charge in [-0.2, -0.15) is 0 Å². The second kappa shape index (κ2) is 7.97. The van der Waals surface area contributed by atoms with Crippen molar-refractivity contribution in [3.05, 3.63) is 101 Å². The van der Waals surface area contributed by atoms with E-state index in [0.29, 0.717) is 24.8 Å². The maximum Gasteiger partial charge on any atom is 0.132 e. The molecule has 3 aromatic carbocycles. The summed E-state index contributed by atoms with van der Waals surface area (Å²) in [5, 5.41) is 23.3. The molecule has 2 aliphatic rings. The topological polar surface area (TPSA) is 59.5 Å². The van der Waals surface area contributed by atoms with E-state index in [1.165, 1.54) is 11.6 Å². The third kappa shape index (κ3) is 3.34. The van der Waals surface area contributed by atoms with E-state index in [1.54, 1.807) is 18.2 Å². The lowest BCUT2D eigenvalue weighted by Crippen LogP contribution is -2.66. The molecule has 0 amide bonds. The zero-order valence-corrected chi connectivity index (χ0v) is 19.1. The Kier molecular flexibility index (Phi) is 5.01. The summed E-state index contributed by atoms with van der Waals surface area (Å²) >= 11 is 0. The summed E-state index contributed by atoms with van der Waals surface area (Å²) in [6, 6.07) is 22.8. The first-order valence-electron chi connectivity index (χ1n) is 12.0. The number of H-pyrrole nitrogens is 1. The average molecular weight is 457 g/mol. The normalized spacial score (nSPS) is 24.6. The molecule has 1 saturated heterocycles. The third-order valence-corrected chi connectivity index (χ3v) is 8.10. The Morgan fingerprint density at radius 1 is 0.971 bits per heavy atom. The first-order valence-corrected chi connectivity index (χ1v) is 12.0. The fourth-order valence-corrected chi connectivity index (χ4v) is 6.37. The van der Waals surface area contributed by atoms with E-state index in [9.17, 15) is 14.6 Å². The molecule has 2 unspecified atom stereocenters. The number of hydrogen-bond donors (Lipinski definition) is 3. The number of phenolic OH excluding ortho intramolecular Hbond substituents is 1. The maximum atomic E-state index is 14.9. The molecular formula is C29H29FN2O2. The predicted molar refractivity (Wildman–Crippen MR) is 132 cm³/mol. The largest absolute Gasteiger partial charge is 0.508 e. The van der Waals surface area contributed by atoms with Gasteiger partial charge in [-0.15, -0.1) is 0 Å². The molecule has 0 bridgehead atoms. The zero-order valence-electron chi connectivity index (χ0n) is 19.1. The number of rotatable bonds is 4. The maximum absolute atomic E-state index is 14.9. The van der Waals surface area contributed by atoms with E-state index in [1.807, 2.05) is 24.3 Å². The number of aromatic amines is 1. The fraction of sp³-hybridized carbons (Fsp3) is 0.310. The molecule has 0 radical (unpaired) electrons. The monoisotopic (exact) mass is 456 g/mol. The Balaban J connectivity index is 1.41. The van der Waals surface area contributed by atoms with Crippen LogP contribution < -0.4 is 0 Å². The van der Waals surface area contributed by atoms with E-state index in [0.717, 1.165) is 48.3 Å². The molecule has 174 valence electrons. The average Bonchev–Trinajstić information content (AvgIpc) is 3.19. The number of β-amino-alcohol motifs (C(OH)–C–C–N with tert-alkyl or cyclic N) is 1. The van der Waals surface area contributed by atoms with E-state index >= 15 is 0 Å². The predicted octanol–water partition coefficient (Wildman–Crippen LogP) is 4.73. The highest BCUT2D eigenvalue weighted by Gasteiger charge is 2.57. The number of aromatic hydroxyl groups is 1. The van der Waals surface area contributed by atoms with Crippen molar-refractivity contribution in [3.63, 3.8) is 0 Å². The molecule has 1 aliphatic heterocycles. The van der Waals surface area contributed by atoms with Crippen LogP contribution in [0.1, 0.15) is 28.8 Å². The molecule has 0 saturated carbocycles. The van der Waals surface area contributed by atoms with Gasteiger partial charge in [-0.1, -0.05) is 48.5 Å². The second-order valence-corrected chi connectivity index (χ2v) is 10.0. The van der Waals surface area contributed by atoms with E-state index < -0.39 is 11.0 Å². The van der Waals surface area contributed by atoms with Crippen LogP contribution in [0.3, 0.4) is 0 Å². The SMILES string of the molecule is Oc1cccc(C23CCN(CCc4ccccc4)CC2(O)Cc2c([nH]c4cccc(F)c24)C3)c1. The zero-order chi connectivity index (χ0) is 23.3. The van der Waals surface area contributed by atoms with Gasteiger partial charge in [0.15, 0.2) is 0 Å². The van der Waals surface area contributed by atoms with Gasteiger partial charge in [-0.05, 0) is 60.3 Å². The second-order valence-electron chi connectivity index (χ2n) is 10.0. The lowest BCUT2D eigenvalue weighted by molar-refractivity contribution is -0.102. The molecule has 1 aromatic heterocycles. The number of halogens is 1. The Morgan fingerprint density at radius 3 is 2.62 bits per heavy atom. The van der Waals surface area contributed by atoms with Gasteiger partial charge in [0, 0.05) is 47.9 Å². The van der Waals surface area contributed by atoms with Crippen LogP contribution in [0, 0.1) is 5.82 Å². The first-order chi connectivity index (χ1) is 16.5. The van der Waals surface area contributed by atoms with E-state index in [2.05, 4.69) is 34.1 Å². The lowest BCUT2D eigenvalue weighted by atomic mass is 9.56. The number of aromatic nitrogens is 1. The van der Waals surface area contributed by atoms with Crippen molar-refractivity contribution in [2.45, 2.75) is 36.7 Å². The van der Waals surface area contributed by atoms with Crippen molar-refractivity contribution in [1.29, 1.82) is 0 Å². The third-order valence-electron chi connectivity index (χ3n) is 8.10. The van der Waals surface area contributed by atoms with Crippen LogP contribution in [0.25, 0.3) is 10.9 Å². The molecule has 4 aromatic rings. The molecule has 2 heterocycles. The van der Waals surface area contributed by atoms with Gasteiger partial charge in [0.1, 0.15) is 11.6 Å². The van der Waals surface area contributed by atoms with Crippen molar-refractivity contribution in [2.75, 3.05) is 19.6 Å². The number of fused-ring (bicyclic) bond motifs is 4. The van der Waals surface area contributed by atoms with Crippen LogP contribution in [0.2, 0.25) is 0 Å². The summed E-state index contributed by atoms with van der Waals surface area (Å²) in [6.45, 7) is 2.22. The molecule has 1 aliphatic carbocycles. The van der Waals surface area contributed by atoms with E-state index in [4.69, 9.17) is 0 Å². The number of aliphatic hydroxyl groups is 1. The smallest absolute Gasteiger partial charge is 0.132 e. The summed E-state index contributed by atoms with van der Waals surface area (Å²) in [5.41, 5.74) is 3.24. The fourth-order valence-electron chi connectivity index (χ4n) is 6.37. The lowest BCUT2D eigenvalue weighted by Gasteiger charge is -2.56. The molecule has 1 fully saturated rings. The Bertz CT molecular complexity index is 1350.